The Hall–Kier alpha value is -1.04. The van der Waals surface area contributed by atoms with Gasteiger partial charge in [0.2, 0.25) is 0 Å². The van der Waals surface area contributed by atoms with Gasteiger partial charge in [-0.1, -0.05) is 11.6 Å². The number of hydrogen-bond acceptors (Lipinski definition) is 3. The third-order valence-electron chi connectivity index (χ3n) is 2.45. The summed E-state index contributed by atoms with van der Waals surface area (Å²) in [5, 5.41) is 12.8. The summed E-state index contributed by atoms with van der Waals surface area (Å²) in [6.45, 7) is 0. The first kappa shape index (κ1) is 10.0. The van der Waals surface area contributed by atoms with Crippen molar-refractivity contribution in [2.45, 2.75) is 38.5 Å². The van der Waals surface area contributed by atoms with Crippen molar-refractivity contribution in [1.82, 2.24) is 0 Å². The van der Waals surface area contributed by atoms with Gasteiger partial charge in [0.25, 0.3) is 0 Å². The molecule has 0 N–H and O–H groups in total. The standard InChI is InChI=1S/C10H16N2O/c1-13-12-10-5-3-2-4-9(8-11)6-7-10/h9H,2-7H2,1H3/b12-10-. The van der Waals surface area contributed by atoms with E-state index >= 15 is 0 Å². The summed E-state index contributed by atoms with van der Waals surface area (Å²) in [5.74, 6) is 0.224. The molecule has 1 fully saturated rings. The Balaban J connectivity index is 2.46. The van der Waals surface area contributed by atoms with Crippen molar-refractivity contribution in [2.24, 2.45) is 11.1 Å². The number of nitrogens with zero attached hydrogens (tertiary/aromatic N) is 2. The van der Waals surface area contributed by atoms with Gasteiger partial charge >= 0.3 is 0 Å². The molecule has 0 amide bonds. The number of oxime groups is 1. The SMILES string of the molecule is CO/N=C1/CCCCC(C#N)CC1. The van der Waals surface area contributed by atoms with Crippen molar-refractivity contribution in [2.75, 3.05) is 7.11 Å². The summed E-state index contributed by atoms with van der Waals surface area (Å²) in [7, 11) is 1.58. The zero-order chi connectivity index (χ0) is 9.52. The van der Waals surface area contributed by atoms with Crippen LogP contribution in [-0.4, -0.2) is 12.8 Å². The van der Waals surface area contributed by atoms with Crippen molar-refractivity contribution < 1.29 is 4.84 Å². The van der Waals surface area contributed by atoms with E-state index in [1.165, 1.54) is 0 Å². The van der Waals surface area contributed by atoms with Crippen LogP contribution >= 0.6 is 0 Å². The Bertz CT molecular complexity index is 217. The van der Waals surface area contributed by atoms with Gasteiger partial charge in [-0.25, -0.2) is 0 Å². The van der Waals surface area contributed by atoms with Crippen LogP contribution in [0.4, 0.5) is 0 Å². The molecule has 0 aromatic heterocycles. The maximum atomic E-state index is 8.80. The smallest absolute Gasteiger partial charge is 0.106 e. The molecular formula is C10H16N2O. The summed E-state index contributed by atoms with van der Waals surface area (Å²) in [6, 6.07) is 2.34. The molecule has 0 heterocycles. The van der Waals surface area contributed by atoms with Crippen molar-refractivity contribution in [3.63, 3.8) is 0 Å². The summed E-state index contributed by atoms with van der Waals surface area (Å²) < 4.78 is 0. The number of rotatable bonds is 1. The van der Waals surface area contributed by atoms with E-state index in [4.69, 9.17) is 10.1 Å². The zero-order valence-corrected chi connectivity index (χ0v) is 8.12. The van der Waals surface area contributed by atoms with Crippen LogP contribution in [0.2, 0.25) is 0 Å². The highest BCUT2D eigenvalue weighted by atomic mass is 16.6. The van der Waals surface area contributed by atoms with Crippen molar-refractivity contribution in [1.29, 1.82) is 5.26 Å². The van der Waals surface area contributed by atoms with Crippen molar-refractivity contribution >= 4 is 5.71 Å². The highest BCUT2D eigenvalue weighted by Crippen LogP contribution is 2.20. The van der Waals surface area contributed by atoms with Gasteiger partial charge in [-0.3, -0.25) is 0 Å². The van der Waals surface area contributed by atoms with Crippen LogP contribution in [-0.2, 0) is 4.84 Å². The second kappa shape index (κ2) is 5.58. The highest BCUT2D eigenvalue weighted by Gasteiger charge is 2.13. The molecule has 13 heavy (non-hydrogen) atoms. The monoisotopic (exact) mass is 180 g/mol. The van der Waals surface area contributed by atoms with Gasteiger partial charge in [0.15, 0.2) is 0 Å². The van der Waals surface area contributed by atoms with Crippen LogP contribution in [0, 0.1) is 17.2 Å². The van der Waals surface area contributed by atoms with Crippen molar-refractivity contribution in [3.05, 3.63) is 0 Å². The molecule has 1 atom stereocenters. The molecule has 1 aliphatic rings. The molecule has 0 aromatic carbocycles. The molecule has 0 aromatic rings. The largest absolute Gasteiger partial charge is 0.399 e. The molecule has 3 nitrogen and oxygen atoms in total. The van der Waals surface area contributed by atoms with E-state index in [9.17, 15) is 0 Å². The van der Waals surface area contributed by atoms with Crippen LogP contribution in [0.3, 0.4) is 0 Å². The minimum absolute atomic E-state index is 0.224. The summed E-state index contributed by atoms with van der Waals surface area (Å²) in [4.78, 5) is 4.75. The minimum Gasteiger partial charge on any atom is -0.399 e. The van der Waals surface area contributed by atoms with E-state index in [-0.39, 0.29) is 5.92 Å². The first-order valence-electron chi connectivity index (χ1n) is 4.85. The van der Waals surface area contributed by atoms with Gasteiger partial charge in [0.05, 0.1) is 11.8 Å². The Labute approximate surface area is 79.4 Å². The van der Waals surface area contributed by atoms with E-state index in [1.54, 1.807) is 7.11 Å². The average molecular weight is 180 g/mol. The molecule has 3 heteroatoms. The molecule has 0 radical (unpaired) electrons. The minimum atomic E-state index is 0.224. The van der Waals surface area contributed by atoms with Crippen LogP contribution in [0.1, 0.15) is 38.5 Å². The van der Waals surface area contributed by atoms with Crippen LogP contribution in [0.25, 0.3) is 0 Å². The highest BCUT2D eigenvalue weighted by molar-refractivity contribution is 5.84. The molecular weight excluding hydrogens is 164 g/mol. The van der Waals surface area contributed by atoms with Crippen molar-refractivity contribution in [3.8, 4) is 6.07 Å². The lowest BCUT2D eigenvalue weighted by molar-refractivity contribution is 0.211. The first-order valence-corrected chi connectivity index (χ1v) is 4.85. The molecule has 72 valence electrons. The predicted molar refractivity (Wildman–Crippen MR) is 51.2 cm³/mol. The van der Waals surface area contributed by atoms with Gasteiger partial charge in [0.1, 0.15) is 7.11 Å². The van der Waals surface area contributed by atoms with E-state index in [0.29, 0.717) is 0 Å². The number of nitriles is 1. The lowest BCUT2D eigenvalue weighted by Crippen LogP contribution is -2.08. The summed E-state index contributed by atoms with van der Waals surface area (Å²) in [5.41, 5.74) is 1.11. The molecule has 0 spiro atoms. The van der Waals surface area contributed by atoms with Gasteiger partial charge in [-0.05, 0) is 32.1 Å². The second-order valence-corrected chi connectivity index (χ2v) is 3.45. The Kier molecular flexibility index (Phi) is 4.31. The maximum absolute atomic E-state index is 8.80. The molecule has 0 bridgehead atoms. The molecule has 1 rings (SSSR count). The third-order valence-corrected chi connectivity index (χ3v) is 2.45. The predicted octanol–water partition coefficient (Wildman–Crippen LogP) is 2.48. The van der Waals surface area contributed by atoms with E-state index in [1.807, 2.05) is 0 Å². The van der Waals surface area contributed by atoms with Gasteiger partial charge in [-0.15, -0.1) is 0 Å². The second-order valence-electron chi connectivity index (χ2n) is 3.45. The fraction of sp³-hybridized carbons (Fsp3) is 0.800. The average Bonchev–Trinajstić information content (AvgIpc) is 2.11. The number of hydrogen-bond donors (Lipinski definition) is 0. The first-order chi connectivity index (χ1) is 6.36. The van der Waals surface area contributed by atoms with Gasteiger partial charge in [-0.2, -0.15) is 5.26 Å². The molecule has 0 saturated heterocycles. The lowest BCUT2D eigenvalue weighted by atomic mass is 9.91. The van der Waals surface area contributed by atoms with Crippen LogP contribution in [0.5, 0.6) is 0 Å². The normalized spacial score (nSPS) is 27.4. The summed E-state index contributed by atoms with van der Waals surface area (Å²) in [6.07, 6.45) is 6.23. The van der Waals surface area contributed by atoms with Crippen LogP contribution in [0.15, 0.2) is 5.16 Å². The fourth-order valence-corrected chi connectivity index (χ4v) is 1.68. The molecule has 1 unspecified atom stereocenters. The fourth-order valence-electron chi connectivity index (χ4n) is 1.68. The van der Waals surface area contributed by atoms with Crippen LogP contribution < -0.4 is 0 Å². The molecule has 1 aliphatic carbocycles. The van der Waals surface area contributed by atoms with Gasteiger partial charge < -0.3 is 4.84 Å². The third kappa shape index (κ3) is 3.45. The quantitative estimate of drug-likeness (QED) is 0.582. The topological polar surface area (TPSA) is 45.4 Å². The van der Waals surface area contributed by atoms with Gasteiger partial charge in [0, 0.05) is 5.92 Å². The Morgan fingerprint density at radius 3 is 2.92 bits per heavy atom. The Morgan fingerprint density at radius 2 is 2.23 bits per heavy atom. The molecule has 1 saturated carbocycles. The van der Waals surface area contributed by atoms with E-state index in [0.717, 1.165) is 44.2 Å². The van der Waals surface area contributed by atoms with E-state index in [2.05, 4.69) is 11.2 Å². The Morgan fingerprint density at radius 1 is 1.38 bits per heavy atom. The molecule has 0 aliphatic heterocycles. The van der Waals surface area contributed by atoms with E-state index < -0.39 is 0 Å². The lowest BCUT2D eigenvalue weighted by Gasteiger charge is -2.13. The summed E-state index contributed by atoms with van der Waals surface area (Å²) >= 11 is 0. The zero-order valence-electron chi connectivity index (χ0n) is 8.12. The maximum Gasteiger partial charge on any atom is 0.106 e.